The zero-order valence-corrected chi connectivity index (χ0v) is 6.45. The van der Waals surface area contributed by atoms with E-state index in [1.54, 1.807) is 0 Å². The Morgan fingerprint density at radius 3 is 2.77 bits per heavy atom. The number of rotatable bonds is 3. The third kappa shape index (κ3) is 1.58. The molecule has 1 N–H and O–H groups in total. The first kappa shape index (κ1) is 9.43. The summed E-state index contributed by atoms with van der Waals surface area (Å²) in [6.45, 7) is 0. The van der Waals surface area contributed by atoms with Gasteiger partial charge in [0.2, 0.25) is 5.76 Å². The molecule has 1 rings (SSSR count). The Bertz CT molecular complexity index is 322. The SMILES string of the molecule is COc1cc(C(F)(F)C(=O)O)on1. The van der Waals surface area contributed by atoms with Gasteiger partial charge >= 0.3 is 11.9 Å². The molecule has 0 bridgehead atoms. The average Bonchev–Trinajstić information content (AvgIpc) is 2.51. The number of carboxylic acids is 1. The number of carboxylic acid groups (broad SMARTS) is 1. The number of hydrogen-bond donors (Lipinski definition) is 1. The molecule has 0 spiro atoms. The van der Waals surface area contributed by atoms with E-state index in [-0.39, 0.29) is 5.88 Å². The summed E-state index contributed by atoms with van der Waals surface area (Å²) in [4.78, 5) is 10.0. The molecule has 0 fully saturated rings. The minimum atomic E-state index is -4.08. The van der Waals surface area contributed by atoms with Gasteiger partial charge in [-0.15, -0.1) is 0 Å². The molecule has 72 valence electrons. The van der Waals surface area contributed by atoms with Gasteiger partial charge in [-0.3, -0.25) is 0 Å². The number of carbonyl (C=O) groups is 1. The number of nitrogens with zero attached hydrogens (tertiary/aromatic N) is 1. The second-order valence-electron chi connectivity index (χ2n) is 2.11. The summed E-state index contributed by atoms with van der Waals surface area (Å²) in [5.41, 5.74) is 0. The van der Waals surface area contributed by atoms with E-state index in [9.17, 15) is 13.6 Å². The van der Waals surface area contributed by atoms with Crippen LogP contribution in [0.2, 0.25) is 0 Å². The molecule has 0 atom stereocenters. The highest BCUT2D eigenvalue weighted by atomic mass is 19.3. The van der Waals surface area contributed by atoms with Crippen molar-refractivity contribution in [2.75, 3.05) is 7.11 Å². The number of alkyl halides is 2. The molecule has 0 saturated carbocycles. The largest absolute Gasteiger partial charge is 0.479 e. The Labute approximate surface area is 70.9 Å². The predicted molar refractivity (Wildman–Crippen MR) is 34.6 cm³/mol. The van der Waals surface area contributed by atoms with E-state index in [1.807, 2.05) is 0 Å². The Balaban J connectivity index is 3.00. The first-order valence-corrected chi connectivity index (χ1v) is 3.11. The number of aromatic nitrogens is 1. The molecule has 7 heteroatoms. The van der Waals surface area contributed by atoms with Crippen molar-refractivity contribution in [1.82, 2.24) is 5.16 Å². The van der Waals surface area contributed by atoms with Crippen LogP contribution in [0, 0.1) is 0 Å². The van der Waals surface area contributed by atoms with Crippen molar-refractivity contribution < 1.29 is 27.9 Å². The molecule has 0 aliphatic rings. The van der Waals surface area contributed by atoms with Crippen LogP contribution >= 0.6 is 0 Å². The van der Waals surface area contributed by atoms with Crippen molar-refractivity contribution in [3.8, 4) is 5.88 Å². The molecule has 1 aromatic rings. The molecule has 0 aliphatic heterocycles. The Hall–Kier alpha value is -1.66. The fourth-order valence-corrected chi connectivity index (χ4v) is 0.609. The fourth-order valence-electron chi connectivity index (χ4n) is 0.609. The van der Waals surface area contributed by atoms with Gasteiger partial charge in [-0.25, -0.2) is 4.79 Å². The number of ether oxygens (including phenoxy) is 1. The van der Waals surface area contributed by atoms with Crippen LogP contribution in [0.1, 0.15) is 5.76 Å². The highest BCUT2D eigenvalue weighted by molar-refractivity contribution is 5.76. The van der Waals surface area contributed by atoms with Crippen LogP contribution in [0.4, 0.5) is 8.78 Å². The average molecular weight is 193 g/mol. The Morgan fingerprint density at radius 2 is 2.38 bits per heavy atom. The van der Waals surface area contributed by atoms with Crippen molar-refractivity contribution in [2.45, 2.75) is 5.92 Å². The van der Waals surface area contributed by atoms with E-state index >= 15 is 0 Å². The van der Waals surface area contributed by atoms with Gasteiger partial charge in [0.15, 0.2) is 0 Å². The number of halogens is 2. The third-order valence-electron chi connectivity index (χ3n) is 1.28. The van der Waals surface area contributed by atoms with Gasteiger partial charge in [-0.2, -0.15) is 8.78 Å². The first-order chi connectivity index (χ1) is 5.98. The summed E-state index contributed by atoms with van der Waals surface area (Å²) >= 11 is 0. The smallest absolute Gasteiger partial charge is 0.401 e. The number of aliphatic carboxylic acids is 1. The highest BCUT2D eigenvalue weighted by Crippen LogP contribution is 2.30. The van der Waals surface area contributed by atoms with Crippen LogP contribution in [-0.4, -0.2) is 23.3 Å². The van der Waals surface area contributed by atoms with Crippen LogP contribution in [0.15, 0.2) is 10.6 Å². The molecule has 0 aromatic carbocycles. The van der Waals surface area contributed by atoms with Gasteiger partial charge in [0.05, 0.1) is 13.2 Å². The summed E-state index contributed by atoms with van der Waals surface area (Å²) < 4.78 is 33.8. The van der Waals surface area contributed by atoms with Crippen molar-refractivity contribution in [1.29, 1.82) is 0 Å². The standard InChI is InChI=1S/C6H5F2NO4/c1-12-4-2-3(13-9-4)6(7,8)5(10)11/h2H,1H3,(H,10,11). The van der Waals surface area contributed by atoms with E-state index in [0.717, 1.165) is 0 Å². The van der Waals surface area contributed by atoms with Crippen molar-refractivity contribution in [3.05, 3.63) is 11.8 Å². The highest BCUT2D eigenvalue weighted by Gasteiger charge is 2.45. The fraction of sp³-hybridized carbons (Fsp3) is 0.333. The van der Waals surface area contributed by atoms with Crippen molar-refractivity contribution in [2.24, 2.45) is 0 Å². The van der Waals surface area contributed by atoms with Crippen LogP contribution in [-0.2, 0) is 10.7 Å². The predicted octanol–water partition coefficient (Wildman–Crippen LogP) is 0.860. The zero-order chi connectivity index (χ0) is 10.1. The zero-order valence-electron chi connectivity index (χ0n) is 6.45. The van der Waals surface area contributed by atoms with Gasteiger partial charge in [0.1, 0.15) is 0 Å². The lowest BCUT2D eigenvalue weighted by molar-refractivity contribution is -0.169. The van der Waals surface area contributed by atoms with E-state index in [0.29, 0.717) is 6.07 Å². The molecule has 0 unspecified atom stereocenters. The maximum Gasteiger partial charge on any atom is 0.401 e. The summed E-state index contributed by atoms with van der Waals surface area (Å²) in [6.07, 6.45) is 0. The topological polar surface area (TPSA) is 72.6 Å². The number of hydrogen-bond acceptors (Lipinski definition) is 4. The molecule has 0 aliphatic carbocycles. The molecule has 13 heavy (non-hydrogen) atoms. The van der Waals surface area contributed by atoms with Crippen LogP contribution in [0.5, 0.6) is 5.88 Å². The van der Waals surface area contributed by atoms with E-state index in [1.165, 1.54) is 7.11 Å². The summed E-state index contributed by atoms with van der Waals surface area (Å²) in [5.74, 6) is -7.64. The minimum Gasteiger partial charge on any atom is -0.479 e. The van der Waals surface area contributed by atoms with E-state index < -0.39 is 17.7 Å². The summed E-state index contributed by atoms with van der Waals surface area (Å²) in [5, 5.41) is 11.1. The molecule has 0 saturated heterocycles. The molecular formula is C6H5F2NO4. The van der Waals surface area contributed by atoms with Gasteiger partial charge in [0.25, 0.3) is 5.88 Å². The van der Waals surface area contributed by atoms with Crippen molar-refractivity contribution >= 4 is 5.97 Å². The second kappa shape index (κ2) is 3.00. The van der Waals surface area contributed by atoms with E-state index in [4.69, 9.17) is 5.11 Å². The van der Waals surface area contributed by atoms with Crippen LogP contribution in [0.25, 0.3) is 0 Å². The lowest BCUT2D eigenvalue weighted by Crippen LogP contribution is -2.24. The second-order valence-corrected chi connectivity index (χ2v) is 2.11. The maximum atomic E-state index is 12.6. The third-order valence-corrected chi connectivity index (χ3v) is 1.28. The molecular weight excluding hydrogens is 188 g/mol. The monoisotopic (exact) mass is 193 g/mol. The summed E-state index contributed by atoms with van der Waals surface area (Å²) in [7, 11) is 1.19. The van der Waals surface area contributed by atoms with Gasteiger partial charge in [-0.1, -0.05) is 0 Å². The Morgan fingerprint density at radius 1 is 1.77 bits per heavy atom. The molecule has 0 amide bonds. The molecule has 1 heterocycles. The van der Waals surface area contributed by atoms with Crippen LogP contribution in [0.3, 0.4) is 0 Å². The number of methoxy groups -OCH3 is 1. The lowest BCUT2D eigenvalue weighted by Gasteiger charge is -2.04. The van der Waals surface area contributed by atoms with Crippen molar-refractivity contribution in [3.63, 3.8) is 0 Å². The minimum absolute atomic E-state index is 0.198. The Kier molecular flexibility index (Phi) is 2.18. The quantitative estimate of drug-likeness (QED) is 0.770. The van der Waals surface area contributed by atoms with E-state index in [2.05, 4.69) is 14.4 Å². The summed E-state index contributed by atoms with van der Waals surface area (Å²) in [6, 6.07) is 0.716. The van der Waals surface area contributed by atoms with Gasteiger partial charge in [-0.05, 0) is 5.16 Å². The maximum absolute atomic E-state index is 12.6. The van der Waals surface area contributed by atoms with Crippen LogP contribution < -0.4 is 4.74 Å². The first-order valence-electron chi connectivity index (χ1n) is 3.11. The van der Waals surface area contributed by atoms with Gasteiger partial charge < -0.3 is 14.4 Å². The normalized spacial score (nSPS) is 11.3. The lowest BCUT2D eigenvalue weighted by atomic mass is 10.2. The molecule has 0 radical (unpaired) electrons. The molecule has 5 nitrogen and oxygen atoms in total. The van der Waals surface area contributed by atoms with Gasteiger partial charge in [0, 0.05) is 0 Å². The molecule has 1 aromatic heterocycles.